The number of thioether (sulfide) groups is 1. The monoisotopic (exact) mass is 396 g/mol. The standard InChI is InChI=1S/C16H17BrN2O3S/c1-10(2)8-23-9-11(3)19-15(18-22-16(19)21)14(20)12-4-6-13(17)7-5-12/h4-7,9-10H,8H2,1-3H3/b11-9-. The van der Waals surface area contributed by atoms with Crippen LogP contribution in [0, 0.1) is 5.92 Å². The Hall–Kier alpha value is -1.60. The van der Waals surface area contributed by atoms with Crippen molar-refractivity contribution in [2.45, 2.75) is 20.8 Å². The Morgan fingerprint density at radius 2 is 2.04 bits per heavy atom. The highest BCUT2D eigenvalue weighted by atomic mass is 79.9. The van der Waals surface area contributed by atoms with E-state index in [1.54, 1.807) is 43.0 Å². The number of hydrogen-bond donors (Lipinski definition) is 0. The highest BCUT2D eigenvalue weighted by Gasteiger charge is 2.21. The topological polar surface area (TPSA) is 65.1 Å². The van der Waals surface area contributed by atoms with Crippen molar-refractivity contribution in [1.29, 1.82) is 0 Å². The summed E-state index contributed by atoms with van der Waals surface area (Å²) in [6, 6.07) is 6.86. The fraction of sp³-hybridized carbons (Fsp3) is 0.312. The molecule has 7 heteroatoms. The summed E-state index contributed by atoms with van der Waals surface area (Å²) in [5, 5.41) is 5.49. The van der Waals surface area contributed by atoms with Crippen molar-refractivity contribution in [3.8, 4) is 0 Å². The van der Waals surface area contributed by atoms with Crippen molar-refractivity contribution in [2.75, 3.05) is 5.75 Å². The molecule has 0 bridgehead atoms. The fourth-order valence-electron chi connectivity index (χ4n) is 1.85. The number of rotatable bonds is 6. The molecule has 0 aliphatic rings. The van der Waals surface area contributed by atoms with Gasteiger partial charge in [-0.15, -0.1) is 11.8 Å². The molecular formula is C16H17BrN2O3S. The molecule has 1 heterocycles. The normalized spacial score (nSPS) is 12.0. The third kappa shape index (κ3) is 4.45. The summed E-state index contributed by atoms with van der Waals surface area (Å²) >= 11 is 4.91. The largest absolute Gasteiger partial charge is 0.446 e. The first kappa shape index (κ1) is 17.7. The Morgan fingerprint density at radius 1 is 1.39 bits per heavy atom. The molecule has 0 saturated carbocycles. The second-order valence-corrected chi connectivity index (χ2v) is 7.25. The highest BCUT2D eigenvalue weighted by molar-refractivity contribution is 9.10. The summed E-state index contributed by atoms with van der Waals surface area (Å²) in [5.74, 6) is 0.422. The van der Waals surface area contributed by atoms with E-state index in [0.717, 1.165) is 10.2 Å². The number of carbonyl (C=O) groups excluding carboxylic acids is 1. The average molecular weight is 397 g/mol. The zero-order chi connectivity index (χ0) is 17.0. The molecule has 0 N–H and O–H groups in total. The van der Waals surface area contributed by atoms with Gasteiger partial charge in [0.2, 0.25) is 11.6 Å². The lowest BCUT2D eigenvalue weighted by Gasteiger charge is -2.05. The third-order valence-electron chi connectivity index (χ3n) is 2.95. The van der Waals surface area contributed by atoms with Crippen molar-refractivity contribution >= 4 is 39.2 Å². The molecule has 2 aromatic rings. The van der Waals surface area contributed by atoms with E-state index in [1.807, 2.05) is 5.41 Å². The molecular weight excluding hydrogens is 380 g/mol. The smallest absolute Gasteiger partial charge is 0.295 e. The summed E-state index contributed by atoms with van der Waals surface area (Å²) in [7, 11) is 0. The zero-order valence-corrected chi connectivity index (χ0v) is 15.5. The average Bonchev–Trinajstić information content (AvgIpc) is 2.88. The van der Waals surface area contributed by atoms with Crippen LogP contribution in [0.4, 0.5) is 0 Å². The number of carbonyl (C=O) groups is 1. The van der Waals surface area contributed by atoms with E-state index in [1.165, 1.54) is 4.57 Å². The number of aromatic nitrogens is 2. The van der Waals surface area contributed by atoms with Gasteiger partial charge in [-0.3, -0.25) is 9.32 Å². The van der Waals surface area contributed by atoms with E-state index in [4.69, 9.17) is 0 Å². The molecule has 0 atom stereocenters. The molecule has 0 unspecified atom stereocenters. The Morgan fingerprint density at radius 3 is 2.65 bits per heavy atom. The molecule has 122 valence electrons. The fourth-order valence-corrected chi connectivity index (χ4v) is 2.94. The Kier molecular flexibility index (Phi) is 6.01. The van der Waals surface area contributed by atoms with Crippen LogP contribution in [0.3, 0.4) is 0 Å². The molecule has 0 aliphatic heterocycles. The maximum absolute atomic E-state index is 12.5. The van der Waals surface area contributed by atoms with E-state index in [9.17, 15) is 9.59 Å². The van der Waals surface area contributed by atoms with E-state index < -0.39 is 5.76 Å². The summed E-state index contributed by atoms with van der Waals surface area (Å²) in [6.07, 6.45) is 0. The van der Waals surface area contributed by atoms with Gasteiger partial charge in [-0.1, -0.05) is 34.9 Å². The van der Waals surface area contributed by atoms with Gasteiger partial charge >= 0.3 is 5.76 Å². The van der Waals surface area contributed by atoms with Crippen LogP contribution in [0.5, 0.6) is 0 Å². The van der Waals surface area contributed by atoms with E-state index in [2.05, 4.69) is 39.5 Å². The van der Waals surface area contributed by atoms with Gasteiger partial charge in [0.05, 0.1) is 0 Å². The van der Waals surface area contributed by atoms with E-state index >= 15 is 0 Å². The Bertz CT molecular complexity index is 775. The van der Waals surface area contributed by atoms with Crippen molar-refractivity contribution < 1.29 is 9.32 Å². The van der Waals surface area contributed by atoms with Gasteiger partial charge in [0.1, 0.15) is 0 Å². The van der Waals surface area contributed by atoms with Gasteiger partial charge in [-0.25, -0.2) is 9.36 Å². The molecule has 5 nitrogen and oxygen atoms in total. The van der Waals surface area contributed by atoms with Crippen LogP contribution in [0.15, 0.2) is 43.5 Å². The molecule has 2 rings (SSSR count). The van der Waals surface area contributed by atoms with Crippen LogP contribution in [0.1, 0.15) is 37.0 Å². The first-order chi connectivity index (χ1) is 10.9. The van der Waals surface area contributed by atoms with Crippen molar-refractivity contribution in [3.63, 3.8) is 0 Å². The van der Waals surface area contributed by atoms with Gasteiger partial charge in [-0.05, 0) is 48.3 Å². The number of benzene rings is 1. The van der Waals surface area contributed by atoms with Crippen molar-refractivity contribution in [3.05, 3.63) is 56.1 Å². The maximum atomic E-state index is 12.5. The van der Waals surface area contributed by atoms with Gasteiger partial charge in [0.25, 0.3) is 0 Å². The second kappa shape index (κ2) is 7.79. The van der Waals surface area contributed by atoms with Crippen LogP contribution in [-0.2, 0) is 0 Å². The summed E-state index contributed by atoms with van der Waals surface area (Å²) < 4.78 is 6.76. The molecule has 0 radical (unpaired) electrons. The van der Waals surface area contributed by atoms with Crippen LogP contribution < -0.4 is 5.76 Å². The quantitative estimate of drug-likeness (QED) is 0.689. The molecule has 1 aromatic carbocycles. The zero-order valence-electron chi connectivity index (χ0n) is 13.1. The molecule has 23 heavy (non-hydrogen) atoms. The first-order valence-electron chi connectivity index (χ1n) is 7.08. The molecule has 0 aliphatic carbocycles. The lowest BCUT2D eigenvalue weighted by molar-refractivity contribution is 0.102. The molecule has 0 spiro atoms. The van der Waals surface area contributed by atoms with Gasteiger partial charge in [-0.2, -0.15) is 0 Å². The number of nitrogens with zero attached hydrogens (tertiary/aromatic N) is 2. The SMILES string of the molecule is C/C(=C/SCC(C)C)n1c(C(=O)c2ccc(Br)cc2)noc1=O. The lowest BCUT2D eigenvalue weighted by atomic mass is 10.1. The third-order valence-corrected chi connectivity index (χ3v) is 4.85. The van der Waals surface area contributed by atoms with E-state index in [0.29, 0.717) is 17.2 Å². The lowest BCUT2D eigenvalue weighted by Crippen LogP contribution is -2.18. The van der Waals surface area contributed by atoms with Crippen molar-refractivity contribution in [2.24, 2.45) is 5.92 Å². The minimum Gasteiger partial charge on any atom is -0.295 e. The Labute approximate surface area is 146 Å². The highest BCUT2D eigenvalue weighted by Crippen LogP contribution is 2.17. The molecule has 0 amide bonds. The van der Waals surface area contributed by atoms with Crippen molar-refractivity contribution in [1.82, 2.24) is 9.72 Å². The molecule has 0 saturated heterocycles. The Balaban J connectivity index is 2.32. The summed E-state index contributed by atoms with van der Waals surface area (Å²) in [4.78, 5) is 24.4. The minimum atomic E-state index is -0.663. The van der Waals surface area contributed by atoms with Crippen LogP contribution in [0.25, 0.3) is 5.70 Å². The number of allylic oxidation sites excluding steroid dienone is 1. The minimum absolute atomic E-state index is 0.0174. The molecule has 0 fully saturated rings. The second-order valence-electron chi connectivity index (χ2n) is 5.43. The number of halogens is 1. The first-order valence-corrected chi connectivity index (χ1v) is 8.92. The van der Waals surface area contributed by atoms with Crippen LogP contribution in [0.2, 0.25) is 0 Å². The summed E-state index contributed by atoms with van der Waals surface area (Å²) in [5.41, 5.74) is 1.06. The summed E-state index contributed by atoms with van der Waals surface area (Å²) in [6.45, 7) is 5.98. The predicted molar refractivity (Wildman–Crippen MR) is 95.6 cm³/mol. The van der Waals surface area contributed by atoms with Crippen LogP contribution >= 0.6 is 27.7 Å². The number of ketones is 1. The van der Waals surface area contributed by atoms with Crippen LogP contribution in [-0.4, -0.2) is 21.3 Å². The van der Waals surface area contributed by atoms with E-state index in [-0.39, 0.29) is 11.6 Å². The van der Waals surface area contributed by atoms with Gasteiger partial charge < -0.3 is 0 Å². The predicted octanol–water partition coefficient (Wildman–Crippen LogP) is 4.04. The van der Waals surface area contributed by atoms with Gasteiger partial charge in [0.15, 0.2) is 0 Å². The maximum Gasteiger partial charge on any atom is 0.446 e. The molecule has 1 aromatic heterocycles. The number of hydrogen-bond acceptors (Lipinski definition) is 5. The van der Waals surface area contributed by atoms with Gasteiger partial charge in [0, 0.05) is 15.7 Å².